The predicted octanol–water partition coefficient (Wildman–Crippen LogP) is 1.79. The maximum Gasteiger partial charge on any atom is 0.409 e. The van der Waals surface area contributed by atoms with E-state index < -0.39 is 0 Å². The van der Waals surface area contributed by atoms with Crippen LogP contribution in [0.5, 0.6) is 0 Å². The number of rotatable bonds is 5. The van der Waals surface area contributed by atoms with Gasteiger partial charge in [0.25, 0.3) is 0 Å². The summed E-state index contributed by atoms with van der Waals surface area (Å²) in [5.41, 5.74) is 1.20. The van der Waals surface area contributed by atoms with Gasteiger partial charge >= 0.3 is 6.09 Å². The van der Waals surface area contributed by atoms with E-state index in [0.717, 1.165) is 45.1 Å². The van der Waals surface area contributed by atoms with Gasteiger partial charge in [0, 0.05) is 51.0 Å². The van der Waals surface area contributed by atoms with E-state index in [2.05, 4.69) is 28.2 Å². The molecule has 0 saturated carbocycles. The van der Waals surface area contributed by atoms with Gasteiger partial charge in [-0.25, -0.2) is 9.78 Å². The molecule has 116 valence electrons. The maximum atomic E-state index is 11.7. The molecule has 1 aliphatic rings. The molecule has 1 aromatic rings. The van der Waals surface area contributed by atoms with Crippen LogP contribution in [0.3, 0.4) is 0 Å². The second-order valence-corrected chi connectivity index (χ2v) is 5.00. The van der Waals surface area contributed by atoms with Crippen molar-refractivity contribution in [3.8, 4) is 0 Å². The Bertz CT molecular complexity index is 459. The number of aromatic nitrogens is 1. The zero-order chi connectivity index (χ0) is 15.1. The van der Waals surface area contributed by atoms with E-state index >= 15 is 0 Å². The first-order valence-electron chi connectivity index (χ1n) is 7.56. The first-order chi connectivity index (χ1) is 10.2. The number of piperazine rings is 1. The highest BCUT2D eigenvalue weighted by atomic mass is 16.6. The molecule has 6 heteroatoms. The quantitative estimate of drug-likeness (QED) is 0.896. The first-order valence-corrected chi connectivity index (χ1v) is 7.56. The van der Waals surface area contributed by atoms with E-state index in [9.17, 15) is 4.79 Å². The second kappa shape index (κ2) is 7.83. The first kappa shape index (κ1) is 15.6. The van der Waals surface area contributed by atoms with Gasteiger partial charge in [-0.15, -0.1) is 0 Å². The van der Waals surface area contributed by atoms with Gasteiger partial charge in [-0.1, -0.05) is 6.07 Å². The summed E-state index contributed by atoms with van der Waals surface area (Å²) >= 11 is 0. The topological polar surface area (TPSA) is 57.7 Å². The van der Waals surface area contributed by atoms with Crippen LogP contribution in [0.4, 0.5) is 10.6 Å². The molecular formula is C15H24N4O2. The fourth-order valence-electron chi connectivity index (χ4n) is 2.44. The molecule has 0 aliphatic carbocycles. The Morgan fingerprint density at radius 3 is 2.76 bits per heavy atom. The molecule has 1 saturated heterocycles. The van der Waals surface area contributed by atoms with Crippen LogP contribution in [-0.4, -0.2) is 60.2 Å². The van der Waals surface area contributed by atoms with Crippen molar-refractivity contribution in [2.24, 2.45) is 0 Å². The minimum absolute atomic E-state index is 0.202. The van der Waals surface area contributed by atoms with E-state index in [4.69, 9.17) is 4.74 Å². The van der Waals surface area contributed by atoms with E-state index in [1.807, 2.05) is 13.0 Å². The Morgan fingerprint density at radius 1 is 1.33 bits per heavy atom. The number of nitrogens with one attached hydrogen (secondary N) is 1. The number of hydrogen-bond donors (Lipinski definition) is 1. The zero-order valence-electron chi connectivity index (χ0n) is 12.8. The van der Waals surface area contributed by atoms with Crippen molar-refractivity contribution in [3.05, 3.63) is 23.9 Å². The Morgan fingerprint density at radius 2 is 2.10 bits per heavy atom. The van der Waals surface area contributed by atoms with Gasteiger partial charge in [-0.3, -0.25) is 4.90 Å². The summed E-state index contributed by atoms with van der Waals surface area (Å²) in [5, 5.41) is 3.29. The average molecular weight is 292 g/mol. The standard InChI is InChI=1S/C15H24N4O2/c1-3-16-14-13(6-5-7-17-14)12-18-8-10-19(11-9-18)15(20)21-4-2/h5-7H,3-4,8-12H2,1-2H3,(H,16,17). The third kappa shape index (κ3) is 4.32. The molecular weight excluding hydrogens is 268 g/mol. The Balaban J connectivity index is 1.87. The van der Waals surface area contributed by atoms with Gasteiger partial charge in [0.15, 0.2) is 0 Å². The smallest absolute Gasteiger partial charge is 0.409 e. The van der Waals surface area contributed by atoms with Crippen LogP contribution < -0.4 is 5.32 Å². The molecule has 0 unspecified atom stereocenters. The number of anilines is 1. The predicted molar refractivity (Wildman–Crippen MR) is 82.3 cm³/mol. The van der Waals surface area contributed by atoms with Crippen LogP contribution in [0.2, 0.25) is 0 Å². The number of carbonyl (C=O) groups is 1. The lowest BCUT2D eigenvalue weighted by Crippen LogP contribution is -2.48. The van der Waals surface area contributed by atoms with Gasteiger partial charge in [0.05, 0.1) is 6.61 Å². The molecule has 0 bridgehead atoms. The van der Waals surface area contributed by atoms with E-state index in [1.54, 1.807) is 11.1 Å². The highest BCUT2D eigenvalue weighted by Gasteiger charge is 2.22. The molecule has 0 radical (unpaired) electrons. The number of ether oxygens (including phenoxy) is 1. The number of hydrogen-bond acceptors (Lipinski definition) is 5. The number of carbonyl (C=O) groups excluding carboxylic acids is 1. The van der Waals surface area contributed by atoms with Crippen LogP contribution in [0.1, 0.15) is 19.4 Å². The van der Waals surface area contributed by atoms with Gasteiger partial charge in [-0.2, -0.15) is 0 Å². The van der Waals surface area contributed by atoms with Crippen molar-refractivity contribution in [2.45, 2.75) is 20.4 Å². The monoisotopic (exact) mass is 292 g/mol. The van der Waals surface area contributed by atoms with Crippen LogP contribution in [0, 0.1) is 0 Å². The SMILES string of the molecule is CCNc1ncccc1CN1CCN(C(=O)OCC)CC1. The van der Waals surface area contributed by atoms with Gasteiger partial charge in [0.1, 0.15) is 5.82 Å². The summed E-state index contributed by atoms with van der Waals surface area (Å²) in [6.45, 7) is 9.20. The summed E-state index contributed by atoms with van der Waals surface area (Å²) in [5.74, 6) is 0.952. The largest absolute Gasteiger partial charge is 0.450 e. The van der Waals surface area contributed by atoms with Crippen molar-refractivity contribution < 1.29 is 9.53 Å². The van der Waals surface area contributed by atoms with Crippen molar-refractivity contribution in [1.82, 2.24) is 14.8 Å². The molecule has 1 aromatic heterocycles. The van der Waals surface area contributed by atoms with E-state index in [-0.39, 0.29) is 6.09 Å². The van der Waals surface area contributed by atoms with Crippen molar-refractivity contribution in [3.63, 3.8) is 0 Å². The average Bonchev–Trinajstić information content (AvgIpc) is 2.50. The summed E-state index contributed by atoms with van der Waals surface area (Å²) in [4.78, 5) is 20.2. The van der Waals surface area contributed by atoms with E-state index in [0.29, 0.717) is 6.61 Å². The van der Waals surface area contributed by atoms with Crippen LogP contribution in [0.25, 0.3) is 0 Å². The molecule has 21 heavy (non-hydrogen) atoms. The summed E-state index contributed by atoms with van der Waals surface area (Å²) in [6, 6.07) is 4.06. The summed E-state index contributed by atoms with van der Waals surface area (Å²) in [7, 11) is 0. The molecule has 0 aromatic carbocycles. The third-order valence-corrected chi connectivity index (χ3v) is 3.53. The number of nitrogens with zero attached hydrogens (tertiary/aromatic N) is 3. The third-order valence-electron chi connectivity index (χ3n) is 3.53. The van der Waals surface area contributed by atoms with Crippen LogP contribution >= 0.6 is 0 Å². The lowest BCUT2D eigenvalue weighted by Gasteiger charge is -2.34. The molecule has 1 aliphatic heterocycles. The summed E-state index contributed by atoms with van der Waals surface area (Å²) < 4.78 is 5.03. The van der Waals surface area contributed by atoms with Crippen LogP contribution in [0.15, 0.2) is 18.3 Å². The van der Waals surface area contributed by atoms with Crippen molar-refractivity contribution in [2.75, 3.05) is 44.6 Å². The molecule has 0 atom stereocenters. The Labute approximate surface area is 126 Å². The fourth-order valence-corrected chi connectivity index (χ4v) is 2.44. The second-order valence-electron chi connectivity index (χ2n) is 5.00. The zero-order valence-corrected chi connectivity index (χ0v) is 12.8. The molecule has 1 amide bonds. The van der Waals surface area contributed by atoms with Gasteiger partial charge < -0.3 is 15.0 Å². The van der Waals surface area contributed by atoms with Crippen molar-refractivity contribution in [1.29, 1.82) is 0 Å². The molecule has 2 rings (SSSR count). The number of pyridine rings is 1. The summed E-state index contributed by atoms with van der Waals surface area (Å²) in [6.07, 6.45) is 1.60. The molecule has 6 nitrogen and oxygen atoms in total. The highest BCUT2D eigenvalue weighted by Crippen LogP contribution is 2.15. The lowest BCUT2D eigenvalue weighted by atomic mass is 10.2. The minimum Gasteiger partial charge on any atom is -0.450 e. The fraction of sp³-hybridized carbons (Fsp3) is 0.600. The molecule has 1 fully saturated rings. The maximum absolute atomic E-state index is 11.7. The normalized spacial score (nSPS) is 15.8. The van der Waals surface area contributed by atoms with Crippen LogP contribution in [-0.2, 0) is 11.3 Å². The van der Waals surface area contributed by atoms with Gasteiger partial charge in [-0.05, 0) is 19.9 Å². The molecule has 2 heterocycles. The lowest BCUT2D eigenvalue weighted by molar-refractivity contribution is 0.0778. The Hall–Kier alpha value is -1.82. The van der Waals surface area contributed by atoms with E-state index in [1.165, 1.54) is 5.56 Å². The number of amides is 1. The minimum atomic E-state index is -0.202. The molecule has 0 spiro atoms. The van der Waals surface area contributed by atoms with Gasteiger partial charge in [0.2, 0.25) is 0 Å². The van der Waals surface area contributed by atoms with Crippen molar-refractivity contribution >= 4 is 11.9 Å². The molecule has 1 N–H and O–H groups in total. The Kier molecular flexibility index (Phi) is 5.80. The highest BCUT2D eigenvalue weighted by molar-refractivity contribution is 5.67.